The normalized spacial score (nSPS) is 15.8. The Labute approximate surface area is 243 Å². The molecule has 0 saturated carbocycles. The Morgan fingerprint density at radius 2 is 1.02 bits per heavy atom. The molecule has 0 spiro atoms. The Bertz CT molecular complexity index is 1250. The van der Waals surface area contributed by atoms with E-state index in [1.54, 1.807) is 12.1 Å². The molecule has 0 unspecified atom stereocenters. The number of methoxy groups -OCH3 is 2. The van der Waals surface area contributed by atoms with E-state index in [-0.39, 0.29) is 11.1 Å². The van der Waals surface area contributed by atoms with Crippen LogP contribution in [-0.4, -0.2) is 92.2 Å². The highest BCUT2D eigenvalue weighted by molar-refractivity contribution is 7.18. The van der Waals surface area contributed by atoms with Crippen LogP contribution in [0.15, 0.2) is 48.5 Å². The van der Waals surface area contributed by atoms with Crippen LogP contribution in [0.3, 0.4) is 0 Å². The standard InChI is InChI=1S/C30H34O10S/c1-33-29(31)23-17-22(18-24(19-23)30(32)34-2)28-6-5-27(41-28)21-3-4-25-26(20-21)40-16-14-38-12-10-36-8-7-35-9-11-37-13-15-39-25/h3-6,17-20H,7-16H2,1-2H3. The summed E-state index contributed by atoms with van der Waals surface area (Å²) in [5, 5.41) is 0. The maximum absolute atomic E-state index is 12.2. The predicted octanol–water partition coefficient (Wildman–Crippen LogP) is 4.49. The van der Waals surface area contributed by atoms with Crippen LogP contribution < -0.4 is 9.47 Å². The summed E-state index contributed by atoms with van der Waals surface area (Å²) in [5.74, 6) is 0.111. The van der Waals surface area contributed by atoms with Crippen molar-refractivity contribution < 1.29 is 47.5 Å². The van der Waals surface area contributed by atoms with E-state index in [1.807, 2.05) is 30.3 Å². The molecule has 0 aliphatic carbocycles. The lowest BCUT2D eigenvalue weighted by molar-refractivity contribution is -0.00841. The monoisotopic (exact) mass is 586 g/mol. The number of hydrogen-bond acceptors (Lipinski definition) is 11. The highest BCUT2D eigenvalue weighted by Crippen LogP contribution is 2.39. The second kappa shape index (κ2) is 16.1. The van der Waals surface area contributed by atoms with Gasteiger partial charge in [0.1, 0.15) is 13.2 Å². The lowest BCUT2D eigenvalue weighted by Crippen LogP contribution is -2.16. The Hall–Kier alpha value is -3.48. The topological polar surface area (TPSA) is 108 Å². The van der Waals surface area contributed by atoms with E-state index in [2.05, 4.69) is 0 Å². The summed E-state index contributed by atoms with van der Waals surface area (Å²) >= 11 is 1.51. The van der Waals surface area contributed by atoms with E-state index in [0.717, 1.165) is 15.3 Å². The lowest BCUT2D eigenvalue weighted by Gasteiger charge is -2.15. The molecular formula is C30H34O10S. The molecule has 0 atom stereocenters. The second-order valence-corrected chi connectivity index (χ2v) is 9.84. The maximum Gasteiger partial charge on any atom is 0.337 e. The van der Waals surface area contributed by atoms with Crippen molar-refractivity contribution in [2.24, 2.45) is 0 Å². The zero-order valence-corrected chi connectivity index (χ0v) is 24.0. The SMILES string of the molecule is COC(=O)c1cc(C(=O)OC)cc(-c2ccc(-c3ccc4c(c3)OCCOCCOCCOCCOCCO4)s2)c1. The molecule has 41 heavy (non-hydrogen) atoms. The van der Waals surface area contributed by atoms with Crippen LogP contribution in [0.2, 0.25) is 0 Å². The van der Waals surface area contributed by atoms with E-state index in [9.17, 15) is 9.59 Å². The first-order valence-electron chi connectivity index (χ1n) is 13.2. The Kier molecular flexibility index (Phi) is 12.0. The van der Waals surface area contributed by atoms with Gasteiger partial charge in [-0.05, 0) is 59.7 Å². The summed E-state index contributed by atoms with van der Waals surface area (Å²) in [6.45, 7) is 4.43. The van der Waals surface area contributed by atoms with Crippen molar-refractivity contribution in [1.82, 2.24) is 0 Å². The van der Waals surface area contributed by atoms with E-state index < -0.39 is 11.9 Å². The number of esters is 2. The average Bonchev–Trinajstić information content (AvgIpc) is 3.50. The van der Waals surface area contributed by atoms with Gasteiger partial charge in [0.2, 0.25) is 0 Å². The fourth-order valence-corrected chi connectivity index (χ4v) is 4.96. The van der Waals surface area contributed by atoms with Crippen LogP contribution in [0, 0.1) is 0 Å². The smallest absolute Gasteiger partial charge is 0.337 e. The molecule has 1 aromatic heterocycles. The summed E-state index contributed by atoms with van der Waals surface area (Å²) in [7, 11) is 2.59. The molecule has 1 aliphatic heterocycles. The maximum atomic E-state index is 12.2. The number of ether oxygens (including phenoxy) is 8. The van der Waals surface area contributed by atoms with Gasteiger partial charge >= 0.3 is 11.9 Å². The molecule has 3 aromatic rings. The molecule has 0 radical (unpaired) electrons. The molecule has 1 aliphatic rings. The molecular weight excluding hydrogens is 552 g/mol. The van der Waals surface area contributed by atoms with Gasteiger partial charge in [-0.15, -0.1) is 11.3 Å². The minimum absolute atomic E-state index is 0.264. The number of thiophene rings is 1. The third kappa shape index (κ3) is 9.00. The molecule has 0 amide bonds. The summed E-state index contributed by atoms with van der Waals surface area (Å²) < 4.78 is 43.9. The fourth-order valence-electron chi connectivity index (χ4n) is 3.97. The van der Waals surface area contributed by atoms with Crippen molar-refractivity contribution in [2.45, 2.75) is 0 Å². The highest BCUT2D eigenvalue weighted by Gasteiger charge is 2.17. The number of hydrogen-bond donors (Lipinski definition) is 0. The average molecular weight is 587 g/mol. The van der Waals surface area contributed by atoms with Gasteiger partial charge in [-0.25, -0.2) is 9.59 Å². The van der Waals surface area contributed by atoms with Gasteiger partial charge in [-0.1, -0.05) is 0 Å². The summed E-state index contributed by atoms with van der Waals surface area (Å²) in [6.07, 6.45) is 0. The molecule has 0 N–H and O–H groups in total. The minimum atomic E-state index is -0.537. The lowest BCUT2D eigenvalue weighted by atomic mass is 10.0. The number of fused-ring (bicyclic) bond motifs is 1. The third-order valence-electron chi connectivity index (χ3n) is 5.98. The van der Waals surface area contributed by atoms with Crippen molar-refractivity contribution in [3.8, 4) is 32.4 Å². The Morgan fingerprint density at radius 1 is 0.561 bits per heavy atom. The second-order valence-electron chi connectivity index (χ2n) is 8.75. The van der Waals surface area contributed by atoms with Crippen molar-refractivity contribution in [3.63, 3.8) is 0 Å². The zero-order valence-electron chi connectivity index (χ0n) is 23.2. The first-order chi connectivity index (χ1) is 20.1. The van der Waals surface area contributed by atoms with Crippen molar-refractivity contribution in [2.75, 3.05) is 80.3 Å². The minimum Gasteiger partial charge on any atom is -0.487 e. The number of carbonyl (C=O) groups excluding carboxylic acids is 2. The van der Waals surface area contributed by atoms with Crippen LogP contribution in [0.1, 0.15) is 20.7 Å². The van der Waals surface area contributed by atoms with Crippen LogP contribution >= 0.6 is 11.3 Å². The van der Waals surface area contributed by atoms with Gasteiger partial charge in [-0.2, -0.15) is 0 Å². The number of rotatable bonds is 4. The first-order valence-corrected chi connectivity index (χ1v) is 14.0. The van der Waals surface area contributed by atoms with Crippen LogP contribution in [0.25, 0.3) is 20.9 Å². The van der Waals surface area contributed by atoms with Crippen molar-refractivity contribution in [3.05, 3.63) is 59.7 Å². The summed E-state index contributed by atoms with van der Waals surface area (Å²) in [4.78, 5) is 26.3. The molecule has 11 heteroatoms. The molecule has 4 rings (SSSR count). The molecule has 0 saturated heterocycles. The summed E-state index contributed by atoms with van der Waals surface area (Å²) in [5.41, 5.74) is 2.15. The zero-order chi connectivity index (χ0) is 28.9. The quantitative estimate of drug-likeness (QED) is 0.406. The van der Waals surface area contributed by atoms with Crippen LogP contribution in [-0.2, 0) is 28.4 Å². The van der Waals surface area contributed by atoms with Crippen molar-refractivity contribution >= 4 is 23.3 Å². The molecule has 10 nitrogen and oxygen atoms in total. The predicted molar refractivity (Wildman–Crippen MR) is 152 cm³/mol. The third-order valence-corrected chi connectivity index (χ3v) is 7.16. The molecule has 2 heterocycles. The Morgan fingerprint density at radius 3 is 1.54 bits per heavy atom. The fraction of sp³-hybridized carbons (Fsp3) is 0.400. The van der Waals surface area contributed by atoms with E-state index in [1.165, 1.54) is 31.6 Å². The van der Waals surface area contributed by atoms with Gasteiger partial charge in [0, 0.05) is 9.75 Å². The summed E-state index contributed by atoms with van der Waals surface area (Å²) in [6, 6.07) is 14.5. The van der Waals surface area contributed by atoms with Gasteiger partial charge in [0.05, 0.1) is 78.2 Å². The Balaban J connectivity index is 1.54. The number of benzene rings is 2. The van der Waals surface area contributed by atoms with E-state index in [4.69, 9.17) is 37.9 Å². The van der Waals surface area contributed by atoms with E-state index in [0.29, 0.717) is 83.1 Å². The molecule has 2 aromatic carbocycles. The largest absolute Gasteiger partial charge is 0.487 e. The van der Waals surface area contributed by atoms with Crippen LogP contribution in [0.4, 0.5) is 0 Å². The van der Waals surface area contributed by atoms with Gasteiger partial charge < -0.3 is 37.9 Å². The molecule has 220 valence electrons. The van der Waals surface area contributed by atoms with Crippen molar-refractivity contribution in [1.29, 1.82) is 0 Å². The highest BCUT2D eigenvalue weighted by atomic mass is 32.1. The first kappa shape index (κ1) is 30.5. The van der Waals surface area contributed by atoms with Crippen LogP contribution in [0.5, 0.6) is 11.5 Å². The van der Waals surface area contributed by atoms with Gasteiger partial charge in [0.15, 0.2) is 11.5 Å². The molecule has 0 bridgehead atoms. The van der Waals surface area contributed by atoms with Gasteiger partial charge in [0.25, 0.3) is 0 Å². The number of carbonyl (C=O) groups is 2. The van der Waals surface area contributed by atoms with Gasteiger partial charge in [-0.3, -0.25) is 0 Å². The molecule has 0 fully saturated rings. The van der Waals surface area contributed by atoms with E-state index >= 15 is 0 Å².